The molecule has 21 heteroatoms. The monoisotopic (exact) mass is 1160 g/mol. The second-order valence-corrected chi connectivity index (χ2v) is 18.8. The Labute approximate surface area is 434 Å². The fourth-order valence-corrected chi connectivity index (χ4v) is 11.1. The van der Waals surface area contributed by atoms with Crippen LogP contribution in [0, 0.1) is 105 Å². The van der Waals surface area contributed by atoms with E-state index in [0.29, 0.717) is 0 Å². The molecule has 0 aliphatic carbocycles. The van der Waals surface area contributed by atoms with Crippen molar-refractivity contribution in [2.45, 2.75) is 0 Å². The van der Waals surface area contributed by atoms with E-state index in [1.807, 2.05) is 0 Å². The van der Waals surface area contributed by atoms with E-state index in [1.165, 1.54) is 15.9 Å². The zero-order chi connectivity index (χ0) is 53.1. The van der Waals surface area contributed by atoms with Crippen LogP contribution < -0.4 is 35.8 Å². The molecule has 0 amide bonds. The molecule has 0 saturated heterocycles. The van der Waals surface area contributed by atoms with E-state index in [4.69, 9.17) is 0 Å². The minimum atomic E-state index is -2.62. The number of hydrogen-bond acceptors (Lipinski definition) is 0. The number of hydrogen-bond donors (Lipinski definition) is 0. The van der Waals surface area contributed by atoms with Gasteiger partial charge in [-0.05, 0) is 83.4 Å². The molecule has 383 valence electrons. The predicted molar refractivity (Wildman–Crippen MR) is 245 cm³/mol. The summed E-state index contributed by atoms with van der Waals surface area (Å²) in [7, 11) is -0.877. The van der Waals surface area contributed by atoms with Crippen molar-refractivity contribution in [2.24, 2.45) is 0 Å². The topological polar surface area (TPSA) is 56.4 Å². The number of aromatic nitrogens is 4. The molecule has 0 unspecified atom stereocenters. The predicted octanol–water partition coefficient (Wildman–Crippen LogP) is 11.8. The van der Waals surface area contributed by atoms with Gasteiger partial charge in [0.2, 0.25) is 87.3 Å². The number of halogens is 15. The summed E-state index contributed by atoms with van der Waals surface area (Å²) < 4.78 is 223. The van der Waals surface area contributed by atoms with E-state index in [1.54, 1.807) is 0 Å². The van der Waals surface area contributed by atoms with Gasteiger partial charge in [0, 0.05) is 61.5 Å². The van der Waals surface area contributed by atoms with Crippen LogP contribution in [0.4, 0.5) is 65.9 Å². The molecular formula is C55H24F15N4PRh. The first-order chi connectivity index (χ1) is 36.0. The molecule has 10 aromatic rings. The van der Waals surface area contributed by atoms with Gasteiger partial charge < -0.3 is 19.9 Å². The third-order valence-corrected chi connectivity index (χ3v) is 14.7. The number of nitrogens with zero attached hydrogens (tertiary/aromatic N) is 4. The molecule has 0 N–H and O–H groups in total. The van der Waals surface area contributed by atoms with Gasteiger partial charge >= 0.3 is 0 Å². The van der Waals surface area contributed by atoms with Crippen molar-refractivity contribution in [3.63, 3.8) is 0 Å². The van der Waals surface area contributed by atoms with E-state index < -0.39 is 164 Å². The van der Waals surface area contributed by atoms with Gasteiger partial charge in [-0.3, -0.25) is 0 Å². The number of fused-ring (bicyclic) bond motifs is 9. The Morgan fingerprint density at radius 1 is 0.237 bits per heavy atom. The molecule has 4 aromatic heterocycles. The first-order valence-corrected chi connectivity index (χ1v) is 23.2. The largest absolute Gasteiger partial charge is 0.644 e. The molecule has 4 nitrogen and oxygen atoms in total. The maximum atomic E-state index is 15.5. The van der Waals surface area contributed by atoms with Crippen LogP contribution in [0.15, 0.2) is 140 Å². The summed E-state index contributed by atoms with van der Waals surface area (Å²) in [6.45, 7) is 0. The molecule has 5 heterocycles. The van der Waals surface area contributed by atoms with Gasteiger partial charge in [-0.1, -0.05) is 66.0 Å². The Morgan fingerprint density at radius 3 is 0.671 bits per heavy atom. The molecule has 0 spiro atoms. The molecule has 0 atom stereocenters. The number of rotatable bonds is 6. The summed E-state index contributed by atoms with van der Waals surface area (Å²) in [5.74, 6) is -40.0. The third-order valence-electron chi connectivity index (χ3n) is 11.9. The van der Waals surface area contributed by atoms with Gasteiger partial charge in [0.1, 0.15) is 15.9 Å². The Kier molecular flexibility index (Phi) is 14.6. The van der Waals surface area contributed by atoms with Gasteiger partial charge in [-0.25, -0.2) is 0 Å². The molecule has 76 heavy (non-hydrogen) atoms. The summed E-state index contributed by atoms with van der Waals surface area (Å²) in [5, 5.41) is 4.31. The summed E-state index contributed by atoms with van der Waals surface area (Å²) in [5.41, 5.74) is -9.94. The second kappa shape index (κ2) is 21.0. The minimum Gasteiger partial charge on any atom is -0.644 e. The molecule has 0 fully saturated rings. The van der Waals surface area contributed by atoms with Crippen LogP contribution >= 0.6 is 7.92 Å². The SMILES string of the molecule is Fc1c(F)c(F)c([C+]2c3ccc([n-]3)-c3ccc([n-]3)[C+](c3c(F)c(F)c(F)c(F)c3F)c3ccc([n-]3)[C+](c3c(F)c(F)c(F)c(F)c3F)c3ccc2[n-]3)c(F)c1F.[Rh].c1ccc([PH+](c2ccccc2)c2ccccc2)cc1. The van der Waals surface area contributed by atoms with Crippen LogP contribution in [0.1, 0.15) is 50.9 Å². The standard InChI is InChI=1S/C37H8F15N4.C18H15P.Rh/c38-23-20(24(39)30(45)35(50)29(23)44)17-11-3-1-9(53-11)10-2-4-12(54-10)18(21-25(40)31(46)36(51)32(47)26(21)41)14-6-8-16(56-14)19(15-7-5-13(17)55-15)22-27(42)33(48)37(52)34(49)28(22)43;1-4-10-16(11-5-1)19(17-12-6-2-7-13-17)18-14-8-3-9-15-18;/h1-8H;1-15H;/q-1;;/p+1. The second-order valence-electron chi connectivity index (χ2n) is 16.3. The molecule has 8 bridgehead atoms. The fourth-order valence-electron chi connectivity index (χ4n) is 8.52. The van der Waals surface area contributed by atoms with E-state index in [-0.39, 0.29) is 30.9 Å². The van der Waals surface area contributed by atoms with E-state index in [0.717, 1.165) is 48.5 Å². The quantitative estimate of drug-likeness (QED) is 0.0416. The normalized spacial score (nSPS) is 12.1. The Hall–Kier alpha value is -7.95. The van der Waals surface area contributed by atoms with E-state index >= 15 is 26.3 Å². The molecule has 0 saturated carbocycles. The Morgan fingerprint density at radius 2 is 0.434 bits per heavy atom. The number of benzene rings is 6. The van der Waals surface area contributed by atoms with Crippen LogP contribution in [-0.4, -0.2) is 0 Å². The third kappa shape index (κ3) is 9.02. The maximum Gasteiger partial charge on any atom is 0.238 e. The van der Waals surface area contributed by atoms with Crippen LogP contribution in [0.25, 0.3) is 11.4 Å². The summed E-state index contributed by atoms with van der Waals surface area (Å²) in [6, 6.07) is 39.7. The van der Waals surface area contributed by atoms with Crippen molar-refractivity contribution in [3.8, 4) is 11.4 Å². The first kappa shape index (κ1) is 52.9. The van der Waals surface area contributed by atoms with Gasteiger partial charge in [0.25, 0.3) is 0 Å². The average molecular weight is 1160 g/mol. The Bertz CT molecular complexity index is 3450. The van der Waals surface area contributed by atoms with Gasteiger partial charge in [-0.2, -0.15) is 65.9 Å². The molecule has 1 radical (unpaired) electrons. The molecule has 1 aliphatic heterocycles. The smallest absolute Gasteiger partial charge is 0.238 e. The molecule has 1 aliphatic rings. The summed E-state index contributed by atoms with van der Waals surface area (Å²) >= 11 is 0. The summed E-state index contributed by atoms with van der Waals surface area (Å²) in [6.07, 6.45) is 0. The van der Waals surface area contributed by atoms with Gasteiger partial charge in [0.05, 0.1) is 7.92 Å². The molecular weight excluding hydrogens is 1140 g/mol. The zero-order valence-corrected chi connectivity index (χ0v) is 40.2. The van der Waals surface area contributed by atoms with Crippen molar-refractivity contribution >= 4 is 23.8 Å². The molecule has 11 rings (SSSR count). The summed E-state index contributed by atoms with van der Waals surface area (Å²) in [4.78, 5) is 16.3. The fraction of sp³-hybridized carbons (Fsp3) is 0. The average Bonchev–Trinajstić information content (AvgIpc) is 4.30. The first-order valence-electron chi connectivity index (χ1n) is 21.7. The van der Waals surface area contributed by atoms with E-state index in [9.17, 15) is 39.5 Å². The Balaban J connectivity index is 0.000000296. The van der Waals surface area contributed by atoms with Crippen LogP contribution in [0.3, 0.4) is 0 Å². The molecule has 6 aromatic carbocycles. The van der Waals surface area contributed by atoms with Crippen molar-refractivity contribution in [2.75, 3.05) is 0 Å². The maximum absolute atomic E-state index is 15.5. The van der Waals surface area contributed by atoms with Crippen LogP contribution in [-0.2, 0) is 19.5 Å². The van der Waals surface area contributed by atoms with Crippen molar-refractivity contribution < 1.29 is 85.3 Å². The van der Waals surface area contributed by atoms with E-state index in [2.05, 4.69) is 111 Å². The van der Waals surface area contributed by atoms with Crippen LogP contribution in [0.2, 0.25) is 0 Å². The van der Waals surface area contributed by atoms with Crippen LogP contribution in [0.5, 0.6) is 0 Å². The minimum absolute atomic E-state index is 0. The van der Waals surface area contributed by atoms with Gasteiger partial charge in [-0.15, -0.1) is 11.4 Å². The van der Waals surface area contributed by atoms with Crippen molar-refractivity contribution in [3.05, 3.63) is 295 Å². The van der Waals surface area contributed by atoms with Gasteiger partial charge in [0.15, 0.2) is 16.7 Å². The van der Waals surface area contributed by atoms with Crippen molar-refractivity contribution in [1.29, 1.82) is 0 Å². The van der Waals surface area contributed by atoms with Crippen molar-refractivity contribution in [1.82, 2.24) is 19.9 Å². The zero-order valence-electron chi connectivity index (χ0n) is 37.6.